The summed E-state index contributed by atoms with van der Waals surface area (Å²) in [7, 11) is 4.82. The molecule has 0 spiro atoms. The number of anilines is 3. The van der Waals surface area contributed by atoms with E-state index in [0.717, 1.165) is 23.2 Å². The number of halogens is 2. The lowest BCUT2D eigenvalue weighted by Gasteiger charge is -2.15. The second-order valence-electron chi connectivity index (χ2n) is 9.84. The Labute approximate surface area is 246 Å². The first kappa shape index (κ1) is 28.9. The molecule has 0 radical (unpaired) electrons. The number of carbonyl (C=O) groups excluding carboxylic acids is 2. The first-order chi connectivity index (χ1) is 20.7. The van der Waals surface area contributed by atoms with Crippen LogP contribution in [0.1, 0.15) is 16.1 Å². The maximum atomic E-state index is 15.2. The molecule has 11 heteroatoms. The smallest absolute Gasteiger partial charge is 0.270 e. The summed E-state index contributed by atoms with van der Waals surface area (Å²) in [5.74, 6) is -1.06. The first-order valence-corrected chi connectivity index (χ1v) is 13.2. The van der Waals surface area contributed by atoms with Crippen LogP contribution in [0.3, 0.4) is 0 Å². The zero-order valence-electron chi connectivity index (χ0n) is 23.7. The Morgan fingerprint density at radius 3 is 2.51 bits per heavy atom. The fraction of sp³-hybridized carbons (Fsp3) is 0.125. The highest BCUT2D eigenvalue weighted by molar-refractivity contribution is 6.00. The second kappa shape index (κ2) is 12.1. The summed E-state index contributed by atoms with van der Waals surface area (Å²) in [4.78, 5) is 34.8. The summed E-state index contributed by atoms with van der Waals surface area (Å²) in [6.07, 6.45) is 2.21. The van der Waals surface area contributed by atoms with Crippen molar-refractivity contribution in [2.45, 2.75) is 6.54 Å². The molecular weight excluding hydrogens is 554 g/mol. The maximum absolute atomic E-state index is 15.2. The molecule has 2 N–H and O–H groups in total. The number of carbonyl (C=O) groups is 2. The molecule has 0 unspecified atom stereocenters. The molecule has 0 bridgehead atoms. The van der Waals surface area contributed by atoms with Crippen molar-refractivity contribution < 1.29 is 23.1 Å². The molecule has 43 heavy (non-hydrogen) atoms. The molecule has 0 saturated carbocycles. The fourth-order valence-electron chi connectivity index (χ4n) is 4.58. The molecule has 0 atom stereocenters. The molecule has 0 fully saturated rings. The SMILES string of the molecule is C=CC(=O)Nc1ccc(OC)c(Nc2ncc(F)c(-c3ccc4cc(C(=O)N(C)C)n(Cc5ccc(F)cc5)c4c3)n2)c1. The number of aromatic nitrogens is 3. The highest BCUT2D eigenvalue weighted by Crippen LogP contribution is 2.32. The van der Waals surface area contributed by atoms with E-state index >= 15 is 4.39 Å². The number of rotatable bonds is 9. The second-order valence-corrected chi connectivity index (χ2v) is 9.84. The lowest BCUT2D eigenvalue weighted by Crippen LogP contribution is -2.24. The van der Waals surface area contributed by atoms with E-state index in [2.05, 4.69) is 27.2 Å². The number of ether oxygens (including phenoxy) is 1. The van der Waals surface area contributed by atoms with Crippen LogP contribution in [0.5, 0.6) is 5.75 Å². The quantitative estimate of drug-likeness (QED) is 0.207. The van der Waals surface area contributed by atoms with Gasteiger partial charge in [-0.1, -0.05) is 30.8 Å². The van der Waals surface area contributed by atoms with Gasteiger partial charge in [0.05, 0.1) is 19.0 Å². The maximum Gasteiger partial charge on any atom is 0.270 e. The van der Waals surface area contributed by atoms with Crippen molar-refractivity contribution in [3.8, 4) is 17.0 Å². The Morgan fingerprint density at radius 2 is 1.81 bits per heavy atom. The molecule has 0 saturated heterocycles. The van der Waals surface area contributed by atoms with Gasteiger partial charge >= 0.3 is 0 Å². The Bertz CT molecular complexity index is 1850. The third kappa shape index (κ3) is 6.20. The van der Waals surface area contributed by atoms with Gasteiger partial charge < -0.3 is 24.8 Å². The average molecular weight is 583 g/mol. The van der Waals surface area contributed by atoms with Crippen LogP contribution in [-0.4, -0.2) is 52.5 Å². The third-order valence-corrected chi connectivity index (χ3v) is 6.70. The van der Waals surface area contributed by atoms with Gasteiger partial charge in [0.15, 0.2) is 5.82 Å². The molecule has 5 aromatic rings. The summed E-state index contributed by atoms with van der Waals surface area (Å²) >= 11 is 0. The van der Waals surface area contributed by atoms with E-state index in [-0.39, 0.29) is 29.3 Å². The summed E-state index contributed by atoms with van der Waals surface area (Å²) in [6, 6.07) is 18.0. The minimum absolute atomic E-state index is 0.0319. The van der Waals surface area contributed by atoms with Crippen LogP contribution in [0.4, 0.5) is 26.1 Å². The van der Waals surface area contributed by atoms with E-state index in [1.165, 1.54) is 24.1 Å². The average Bonchev–Trinajstić information content (AvgIpc) is 3.36. The van der Waals surface area contributed by atoms with Gasteiger partial charge in [-0.25, -0.2) is 18.7 Å². The zero-order valence-corrected chi connectivity index (χ0v) is 23.7. The monoisotopic (exact) mass is 582 g/mol. The summed E-state index contributed by atoms with van der Waals surface area (Å²) in [5.41, 5.74) is 3.30. The predicted molar refractivity (Wildman–Crippen MR) is 162 cm³/mol. The van der Waals surface area contributed by atoms with Crippen LogP contribution in [0, 0.1) is 11.6 Å². The lowest BCUT2D eigenvalue weighted by atomic mass is 10.1. The van der Waals surface area contributed by atoms with Crippen molar-refractivity contribution in [1.29, 1.82) is 0 Å². The number of methoxy groups -OCH3 is 1. The van der Waals surface area contributed by atoms with E-state index in [4.69, 9.17) is 4.74 Å². The van der Waals surface area contributed by atoms with Gasteiger partial charge in [0.25, 0.3) is 5.91 Å². The number of nitrogens with one attached hydrogen (secondary N) is 2. The number of nitrogens with zero attached hydrogens (tertiary/aromatic N) is 4. The molecular formula is C32H28F2N6O3. The summed E-state index contributed by atoms with van der Waals surface area (Å²) in [6.45, 7) is 3.74. The van der Waals surface area contributed by atoms with Gasteiger partial charge in [-0.05, 0) is 54.1 Å². The van der Waals surface area contributed by atoms with Crippen molar-refractivity contribution in [3.63, 3.8) is 0 Å². The van der Waals surface area contributed by atoms with E-state index in [9.17, 15) is 14.0 Å². The Hall–Kier alpha value is -5.58. The van der Waals surface area contributed by atoms with Crippen molar-refractivity contribution >= 4 is 40.0 Å². The van der Waals surface area contributed by atoms with E-state index in [0.29, 0.717) is 40.4 Å². The first-order valence-electron chi connectivity index (χ1n) is 13.2. The Morgan fingerprint density at radius 1 is 1.05 bits per heavy atom. The molecule has 0 aliphatic heterocycles. The highest BCUT2D eigenvalue weighted by atomic mass is 19.1. The number of amides is 2. The van der Waals surface area contributed by atoms with Crippen LogP contribution in [0.2, 0.25) is 0 Å². The normalized spacial score (nSPS) is 10.8. The van der Waals surface area contributed by atoms with Crippen LogP contribution < -0.4 is 15.4 Å². The number of hydrogen-bond donors (Lipinski definition) is 2. The molecule has 0 aliphatic rings. The van der Waals surface area contributed by atoms with Crippen LogP contribution in [0.25, 0.3) is 22.2 Å². The molecule has 3 aromatic carbocycles. The van der Waals surface area contributed by atoms with Crippen LogP contribution in [-0.2, 0) is 11.3 Å². The molecule has 5 rings (SSSR count). The molecule has 0 aliphatic carbocycles. The van der Waals surface area contributed by atoms with Crippen LogP contribution in [0.15, 0.2) is 85.6 Å². The van der Waals surface area contributed by atoms with Gasteiger partial charge in [0.2, 0.25) is 11.9 Å². The molecule has 2 amide bonds. The molecule has 9 nitrogen and oxygen atoms in total. The van der Waals surface area contributed by atoms with Crippen LogP contribution >= 0.6 is 0 Å². The molecule has 2 heterocycles. The van der Waals surface area contributed by atoms with Crippen molar-refractivity contribution in [2.24, 2.45) is 0 Å². The standard InChI is InChI=1S/C32H28F2N6O3/c1-5-29(41)36-23-12-13-28(43-4)25(16-23)37-32-35-17-24(34)30(38-32)21-9-8-20-14-27(31(42)39(2)3)40(26(20)15-21)18-19-6-10-22(33)11-7-19/h5-17H,1,18H2,2-4H3,(H,36,41)(H,35,37,38). The van der Waals surface area contributed by atoms with E-state index in [1.807, 2.05) is 4.57 Å². The molecule has 218 valence electrons. The minimum atomic E-state index is -0.648. The Kier molecular flexibility index (Phi) is 8.15. The Balaban J connectivity index is 1.55. The molecule has 2 aromatic heterocycles. The number of hydrogen-bond acceptors (Lipinski definition) is 6. The van der Waals surface area contributed by atoms with Gasteiger partial charge in [-0.3, -0.25) is 9.59 Å². The third-order valence-electron chi connectivity index (χ3n) is 6.70. The number of fused-ring (bicyclic) bond motifs is 1. The predicted octanol–water partition coefficient (Wildman–Crippen LogP) is 6.00. The lowest BCUT2D eigenvalue weighted by molar-refractivity contribution is -0.111. The van der Waals surface area contributed by atoms with Crippen molar-refractivity contribution in [3.05, 3.63) is 108 Å². The summed E-state index contributed by atoms with van der Waals surface area (Å²) < 4.78 is 36.0. The van der Waals surface area contributed by atoms with Gasteiger partial charge in [0.1, 0.15) is 23.0 Å². The number of benzene rings is 3. The topological polar surface area (TPSA) is 101 Å². The van der Waals surface area contributed by atoms with E-state index in [1.54, 1.807) is 68.7 Å². The van der Waals surface area contributed by atoms with Gasteiger partial charge in [0, 0.05) is 42.8 Å². The van der Waals surface area contributed by atoms with Crippen molar-refractivity contribution in [1.82, 2.24) is 19.4 Å². The summed E-state index contributed by atoms with van der Waals surface area (Å²) in [5, 5.41) is 6.48. The van der Waals surface area contributed by atoms with Gasteiger partial charge in [-0.15, -0.1) is 0 Å². The van der Waals surface area contributed by atoms with Crippen molar-refractivity contribution in [2.75, 3.05) is 31.8 Å². The van der Waals surface area contributed by atoms with E-state index < -0.39 is 5.82 Å². The minimum Gasteiger partial charge on any atom is -0.495 e. The highest BCUT2D eigenvalue weighted by Gasteiger charge is 2.20. The van der Waals surface area contributed by atoms with Gasteiger partial charge in [-0.2, -0.15) is 0 Å². The zero-order chi connectivity index (χ0) is 30.7. The largest absolute Gasteiger partial charge is 0.495 e. The fourth-order valence-corrected chi connectivity index (χ4v) is 4.58.